The molecule has 182 valence electrons. The maximum absolute atomic E-state index is 13.7. The molecule has 0 radical (unpaired) electrons. The summed E-state index contributed by atoms with van der Waals surface area (Å²) in [6.45, 7) is 15.8. The van der Waals surface area contributed by atoms with Gasteiger partial charge in [0.05, 0.1) is 17.9 Å². The lowest BCUT2D eigenvalue weighted by molar-refractivity contribution is -0.131. The lowest BCUT2D eigenvalue weighted by Crippen LogP contribution is -2.49. The molecule has 3 rings (SSSR count). The summed E-state index contributed by atoms with van der Waals surface area (Å²) in [5.41, 5.74) is 2.98. The van der Waals surface area contributed by atoms with E-state index in [1.807, 2.05) is 16.5 Å². The third-order valence-electron chi connectivity index (χ3n) is 6.45. The van der Waals surface area contributed by atoms with Crippen molar-refractivity contribution in [2.45, 2.75) is 72.9 Å². The van der Waals surface area contributed by atoms with Gasteiger partial charge in [-0.25, -0.2) is 9.07 Å². The predicted octanol–water partition coefficient (Wildman–Crippen LogP) is 4.64. The Morgan fingerprint density at radius 2 is 1.73 bits per heavy atom. The monoisotopic (exact) mass is 457 g/mol. The average molecular weight is 458 g/mol. The molecule has 0 atom stereocenters. The molecule has 0 unspecified atom stereocenters. The molecule has 33 heavy (non-hydrogen) atoms. The first kappa shape index (κ1) is 25.2. The van der Waals surface area contributed by atoms with Crippen molar-refractivity contribution in [3.63, 3.8) is 0 Å². The van der Waals surface area contributed by atoms with Crippen molar-refractivity contribution in [3.8, 4) is 5.69 Å². The van der Waals surface area contributed by atoms with Crippen molar-refractivity contribution in [1.82, 2.24) is 19.6 Å². The Balaban J connectivity index is 2.05. The summed E-state index contributed by atoms with van der Waals surface area (Å²) in [5.74, 6) is 0.993. The summed E-state index contributed by atoms with van der Waals surface area (Å²) in [6, 6.07) is 7.05. The van der Waals surface area contributed by atoms with Crippen LogP contribution in [0.5, 0.6) is 0 Å². The normalized spacial score (nSPS) is 14.8. The number of aromatic nitrogens is 2. The molecule has 0 N–H and O–H groups in total. The lowest BCUT2D eigenvalue weighted by atomic mass is 10.1. The van der Waals surface area contributed by atoms with Gasteiger partial charge in [0, 0.05) is 50.7 Å². The van der Waals surface area contributed by atoms with E-state index >= 15 is 0 Å². The molecule has 2 aromatic rings. The first-order chi connectivity index (χ1) is 15.9. The maximum atomic E-state index is 13.7. The van der Waals surface area contributed by atoms with E-state index in [0.717, 1.165) is 74.7 Å². The van der Waals surface area contributed by atoms with Crippen molar-refractivity contribution in [2.24, 2.45) is 0 Å². The summed E-state index contributed by atoms with van der Waals surface area (Å²) in [5, 5.41) is 4.98. The van der Waals surface area contributed by atoms with E-state index in [2.05, 4.69) is 37.5 Å². The molecule has 7 heteroatoms. The SMILES string of the molecule is CCCC(=O)N(CCC)Cc1c(CC)nn(-c2ccc(F)cc2)c1N1CCN(C(C)C)CC1. The van der Waals surface area contributed by atoms with Gasteiger partial charge in [-0.2, -0.15) is 5.10 Å². The van der Waals surface area contributed by atoms with E-state index in [1.54, 1.807) is 12.1 Å². The molecule has 1 saturated heterocycles. The largest absolute Gasteiger partial charge is 0.354 e. The minimum absolute atomic E-state index is 0.200. The second-order valence-electron chi connectivity index (χ2n) is 9.17. The molecule has 0 aliphatic carbocycles. The van der Waals surface area contributed by atoms with Crippen LogP contribution in [-0.4, -0.2) is 64.3 Å². The Labute approximate surface area is 198 Å². The Morgan fingerprint density at radius 1 is 1.06 bits per heavy atom. The number of aryl methyl sites for hydroxylation is 1. The second kappa shape index (κ2) is 11.6. The number of anilines is 1. The van der Waals surface area contributed by atoms with E-state index < -0.39 is 0 Å². The topological polar surface area (TPSA) is 44.6 Å². The third kappa shape index (κ3) is 5.94. The van der Waals surface area contributed by atoms with Gasteiger partial charge in [-0.1, -0.05) is 20.8 Å². The predicted molar refractivity (Wildman–Crippen MR) is 132 cm³/mol. The van der Waals surface area contributed by atoms with Crippen molar-refractivity contribution < 1.29 is 9.18 Å². The Hall–Kier alpha value is -2.41. The van der Waals surface area contributed by atoms with Gasteiger partial charge in [0.2, 0.25) is 5.91 Å². The van der Waals surface area contributed by atoms with Crippen molar-refractivity contribution in [1.29, 1.82) is 0 Å². The number of amides is 1. The minimum Gasteiger partial charge on any atom is -0.354 e. The van der Waals surface area contributed by atoms with Gasteiger partial charge >= 0.3 is 0 Å². The zero-order chi connectivity index (χ0) is 24.0. The van der Waals surface area contributed by atoms with Crippen LogP contribution in [0.25, 0.3) is 5.69 Å². The fourth-order valence-electron chi connectivity index (χ4n) is 4.59. The summed E-state index contributed by atoms with van der Waals surface area (Å²) in [7, 11) is 0. The van der Waals surface area contributed by atoms with E-state index in [0.29, 0.717) is 19.0 Å². The Morgan fingerprint density at radius 3 is 2.27 bits per heavy atom. The minimum atomic E-state index is -0.256. The van der Waals surface area contributed by atoms with Crippen LogP contribution in [0.1, 0.15) is 65.1 Å². The number of rotatable bonds is 10. The summed E-state index contributed by atoms with van der Waals surface area (Å²) >= 11 is 0. The van der Waals surface area contributed by atoms with Crippen molar-refractivity contribution >= 4 is 11.7 Å². The highest BCUT2D eigenvalue weighted by atomic mass is 19.1. The summed E-state index contributed by atoms with van der Waals surface area (Å²) < 4.78 is 15.6. The van der Waals surface area contributed by atoms with Crippen LogP contribution in [0.2, 0.25) is 0 Å². The summed E-state index contributed by atoms with van der Waals surface area (Å²) in [4.78, 5) is 19.8. The molecular formula is C26H40FN5O. The molecule has 1 aromatic heterocycles. The van der Waals surface area contributed by atoms with Crippen LogP contribution >= 0.6 is 0 Å². The number of piperazine rings is 1. The molecule has 0 saturated carbocycles. The quantitative estimate of drug-likeness (QED) is 0.521. The number of halogens is 1. The molecule has 1 aromatic carbocycles. The molecule has 1 aliphatic heterocycles. The third-order valence-corrected chi connectivity index (χ3v) is 6.45. The van der Waals surface area contributed by atoms with Crippen LogP contribution in [0.3, 0.4) is 0 Å². The Bertz CT molecular complexity index is 900. The van der Waals surface area contributed by atoms with Gasteiger partial charge < -0.3 is 9.80 Å². The number of carbonyl (C=O) groups is 1. The molecule has 0 spiro atoms. The smallest absolute Gasteiger partial charge is 0.222 e. The maximum Gasteiger partial charge on any atom is 0.222 e. The highest BCUT2D eigenvalue weighted by Gasteiger charge is 2.28. The number of carbonyl (C=O) groups excluding carboxylic acids is 1. The number of nitrogens with zero attached hydrogens (tertiary/aromatic N) is 5. The van der Waals surface area contributed by atoms with E-state index in [9.17, 15) is 9.18 Å². The standard InChI is InChI=1S/C26H40FN5O/c1-6-9-25(33)31(14-7-2)19-23-24(8-3)28-32(22-12-10-21(27)11-13-22)26(23)30-17-15-29(16-18-30)20(4)5/h10-13,20H,6-9,14-19H2,1-5H3. The molecule has 1 fully saturated rings. The van der Waals surface area contributed by atoms with Crippen molar-refractivity contribution in [2.75, 3.05) is 37.6 Å². The molecule has 6 nitrogen and oxygen atoms in total. The molecule has 1 aliphatic rings. The van der Waals surface area contributed by atoms with Gasteiger partial charge in [0.1, 0.15) is 11.6 Å². The van der Waals surface area contributed by atoms with Gasteiger partial charge in [-0.15, -0.1) is 0 Å². The van der Waals surface area contributed by atoms with Crippen LogP contribution in [0, 0.1) is 5.82 Å². The molecule has 1 amide bonds. The average Bonchev–Trinajstić information content (AvgIpc) is 3.17. The first-order valence-corrected chi connectivity index (χ1v) is 12.5. The van der Waals surface area contributed by atoms with E-state index in [1.165, 1.54) is 12.1 Å². The van der Waals surface area contributed by atoms with Gasteiger partial charge in [0.25, 0.3) is 0 Å². The second-order valence-corrected chi connectivity index (χ2v) is 9.17. The summed E-state index contributed by atoms with van der Waals surface area (Å²) in [6.07, 6.45) is 3.12. The molecular weight excluding hydrogens is 417 g/mol. The van der Waals surface area contributed by atoms with Crippen LogP contribution in [0.4, 0.5) is 10.2 Å². The molecule has 0 bridgehead atoms. The van der Waals surface area contributed by atoms with Gasteiger partial charge in [-0.3, -0.25) is 9.69 Å². The zero-order valence-corrected chi connectivity index (χ0v) is 21.0. The fraction of sp³-hybridized carbons (Fsp3) is 0.615. The van der Waals surface area contributed by atoms with Crippen LogP contribution in [0.15, 0.2) is 24.3 Å². The van der Waals surface area contributed by atoms with Gasteiger partial charge in [0.15, 0.2) is 0 Å². The van der Waals surface area contributed by atoms with Crippen molar-refractivity contribution in [3.05, 3.63) is 41.3 Å². The first-order valence-electron chi connectivity index (χ1n) is 12.5. The molecule has 2 heterocycles. The van der Waals surface area contributed by atoms with E-state index in [4.69, 9.17) is 5.10 Å². The zero-order valence-electron chi connectivity index (χ0n) is 21.0. The highest BCUT2D eigenvalue weighted by Crippen LogP contribution is 2.31. The highest BCUT2D eigenvalue weighted by molar-refractivity contribution is 5.76. The van der Waals surface area contributed by atoms with E-state index in [-0.39, 0.29) is 11.7 Å². The Kier molecular flexibility index (Phi) is 8.89. The number of hydrogen-bond donors (Lipinski definition) is 0. The van der Waals surface area contributed by atoms with Crippen LogP contribution < -0.4 is 4.90 Å². The number of benzene rings is 1. The van der Waals surface area contributed by atoms with Gasteiger partial charge in [-0.05, 0) is 57.4 Å². The number of hydrogen-bond acceptors (Lipinski definition) is 4. The lowest BCUT2D eigenvalue weighted by Gasteiger charge is -2.38. The van der Waals surface area contributed by atoms with Crippen LogP contribution in [-0.2, 0) is 17.8 Å². The fourth-order valence-corrected chi connectivity index (χ4v) is 4.59.